The van der Waals surface area contributed by atoms with Crippen LogP contribution in [0.5, 0.6) is 0 Å². The molecular weight excluding hydrogens is 642 g/mol. The highest BCUT2D eigenvalue weighted by atomic mass is 32.2. The molecule has 0 aliphatic heterocycles. The van der Waals surface area contributed by atoms with Crippen molar-refractivity contribution in [3.63, 3.8) is 0 Å². The van der Waals surface area contributed by atoms with Gasteiger partial charge in [-0.1, -0.05) is 0 Å². The third-order valence-electron chi connectivity index (χ3n) is 5.09. The first-order valence-electron chi connectivity index (χ1n) is 11.3. The first-order chi connectivity index (χ1) is 19.6. The van der Waals surface area contributed by atoms with Crippen molar-refractivity contribution in [1.82, 2.24) is 16.0 Å². The molecule has 0 fully saturated rings. The molecular formula is C17H23B4N3O16S3. The molecule has 0 aromatic rings. The van der Waals surface area contributed by atoms with Gasteiger partial charge in [0, 0.05) is 18.8 Å². The molecule has 8 radical (unpaired) electrons. The van der Waals surface area contributed by atoms with Gasteiger partial charge in [-0.05, 0) is 13.8 Å². The van der Waals surface area contributed by atoms with Gasteiger partial charge in [0.25, 0.3) is 30.4 Å². The summed E-state index contributed by atoms with van der Waals surface area (Å²) in [5.41, 5.74) is 0. The molecule has 4 atom stereocenters. The van der Waals surface area contributed by atoms with Crippen LogP contribution < -0.4 is 16.0 Å². The largest absolute Gasteiger partial charge is 0.542 e. The number of Topliss-reactive ketones (excluding diaryl/α,β-unsaturated/α-hetero) is 2. The first-order valence-corrected chi connectivity index (χ1v) is 16.0. The van der Waals surface area contributed by atoms with Crippen LogP contribution in [0.4, 0.5) is 0 Å². The lowest BCUT2D eigenvalue weighted by molar-refractivity contribution is -0.139. The van der Waals surface area contributed by atoms with Gasteiger partial charge in [-0.15, -0.1) is 0 Å². The SMILES string of the molecule is [B]OC(=O)[C@@H](CS(=O)(=O)O[B])NC(=O)[C@@H](CS(=O)(=O)O[B])NC(=O)C(CS(=O)(=O)O[B])NC(=O)CC(CC(C)=O)C(C)=O. The Morgan fingerprint density at radius 3 is 1.33 bits per heavy atom. The quantitative estimate of drug-likeness (QED) is 0.102. The van der Waals surface area contributed by atoms with E-state index in [1.807, 2.05) is 5.32 Å². The lowest BCUT2D eigenvalue weighted by atomic mass is 9.95. The third kappa shape index (κ3) is 15.5. The molecule has 0 heterocycles. The second-order valence-corrected chi connectivity index (χ2v) is 13.5. The zero-order chi connectivity index (χ0) is 33.8. The molecule has 0 aliphatic rings. The molecule has 3 N–H and O–H groups in total. The Morgan fingerprint density at radius 1 is 0.605 bits per heavy atom. The summed E-state index contributed by atoms with van der Waals surface area (Å²) < 4.78 is 86.1. The second kappa shape index (κ2) is 17.5. The molecule has 0 aliphatic carbocycles. The monoisotopic (exact) mass is 665 g/mol. The van der Waals surface area contributed by atoms with Gasteiger partial charge in [-0.3, -0.25) is 24.0 Å². The summed E-state index contributed by atoms with van der Waals surface area (Å²) >= 11 is 0. The van der Waals surface area contributed by atoms with Gasteiger partial charge in [0.1, 0.15) is 47.0 Å². The van der Waals surface area contributed by atoms with E-state index in [4.69, 9.17) is 8.05 Å². The van der Waals surface area contributed by atoms with E-state index in [0.29, 0.717) is 0 Å². The number of hydrogen-bond acceptors (Lipinski definition) is 16. The lowest BCUT2D eigenvalue weighted by Crippen LogP contribution is -2.59. The van der Waals surface area contributed by atoms with E-state index < -0.39 is 113 Å². The van der Waals surface area contributed by atoms with Gasteiger partial charge < -0.3 is 37.7 Å². The van der Waals surface area contributed by atoms with Crippen LogP contribution in [-0.4, -0.2) is 128 Å². The van der Waals surface area contributed by atoms with E-state index in [1.54, 1.807) is 10.6 Å². The predicted octanol–water partition coefficient (Wildman–Crippen LogP) is -6.07. The summed E-state index contributed by atoms with van der Waals surface area (Å²) in [5.74, 6) is -12.6. The fourth-order valence-corrected chi connectivity index (χ4v) is 5.22. The molecule has 0 saturated carbocycles. The molecule has 0 aromatic heterocycles. The van der Waals surface area contributed by atoms with Crippen molar-refractivity contribution in [1.29, 1.82) is 0 Å². The maximum atomic E-state index is 13.0. The van der Waals surface area contributed by atoms with E-state index in [2.05, 4.69) is 41.1 Å². The van der Waals surface area contributed by atoms with Crippen LogP contribution in [0.15, 0.2) is 0 Å². The molecule has 3 amide bonds. The standard InChI is InChI=1S/C17H23B4N3O16S3/c1-8(25)3-10(9(2)26)4-14(27)22-11(5-41(31,32)38-19)15(28)23-12(6-42(33,34)39-20)16(29)24-13(17(30)37-18)7-43(35,36)40-21/h10-13H,3-7H2,1-2H3,(H,22,27)(H,23,28)(H,24,29)/t10?,11?,12-,13-/m1/s1. The number of carbonyl (C=O) groups is 6. The van der Waals surface area contributed by atoms with Crippen LogP contribution in [0.1, 0.15) is 26.7 Å². The molecule has 2 unspecified atom stereocenters. The van der Waals surface area contributed by atoms with Gasteiger partial charge in [-0.25, -0.2) is 25.3 Å². The first kappa shape index (κ1) is 40.2. The van der Waals surface area contributed by atoms with Crippen molar-refractivity contribution in [3.05, 3.63) is 0 Å². The summed E-state index contributed by atoms with van der Waals surface area (Å²) in [4.78, 5) is 73.5. The van der Waals surface area contributed by atoms with Gasteiger partial charge in [0.2, 0.25) is 17.7 Å². The Balaban J connectivity index is 6.35. The van der Waals surface area contributed by atoms with Crippen molar-refractivity contribution < 1.29 is 71.0 Å². The maximum absolute atomic E-state index is 13.0. The summed E-state index contributed by atoms with van der Waals surface area (Å²) in [5, 5.41) is 5.39. The van der Waals surface area contributed by atoms with Crippen LogP contribution in [0.2, 0.25) is 0 Å². The Morgan fingerprint density at radius 2 is 0.977 bits per heavy atom. The highest BCUT2D eigenvalue weighted by Crippen LogP contribution is 2.12. The van der Waals surface area contributed by atoms with Crippen molar-refractivity contribution in [2.24, 2.45) is 5.92 Å². The third-order valence-corrected chi connectivity index (χ3v) is 8.20. The van der Waals surface area contributed by atoms with Gasteiger partial charge in [0.15, 0.2) is 0 Å². The number of carbonyl (C=O) groups excluding carboxylic acids is 6. The molecule has 43 heavy (non-hydrogen) atoms. The minimum Gasteiger partial charge on any atom is -0.542 e. The normalized spacial score (nSPS) is 14.7. The number of nitrogens with one attached hydrogen (secondary N) is 3. The summed E-state index contributed by atoms with van der Waals surface area (Å²) in [6.07, 6.45) is -1.08. The van der Waals surface area contributed by atoms with E-state index in [0.717, 1.165) is 13.8 Å². The molecule has 19 nitrogen and oxygen atoms in total. The molecule has 26 heteroatoms. The van der Waals surface area contributed by atoms with Crippen molar-refractivity contribution in [2.45, 2.75) is 44.8 Å². The Hall–Kier alpha value is -2.79. The van der Waals surface area contributed by atoms with Crippen molar-refractivity contribution >= 4 is 97.8 Å². The van der Waals surface area contributed by atoms with Crippen LogP contribution in [0, 0.1) is 5.92 Å². The average molecular weight is 665 g/mol. The number of hydrogen-bond donors (Lipinski definition) is 3. The van der Waals surface area contributed by atoms with Gasteiger partial charge >= 0.3 is 38.2 Å². The maximum Gasteiger partial charge on any atom is 0.378 e. The van der Waals surface area contributed by atoms with Crippen molar-refractivity contribution in [3.8, 4) is 0 Å². The van der Waals surface area contributed by atoms with Crippen LogP contribution in [-0.2, 0) is 76.1 Å². The Bertz CT molecular complexity index is 1390. The Kier molecular flexibility index (Phi) is 16.4. The summed E-state index contributed by atoms with van der Waals surface area (Å²) in [7, 11) is 4.22. The molecule has 0 saturated heterocycles. The van der Waals surface area contributed by atoms with E-state index in [9.17, 15) is 54.0 Å². The lowest BCUT2D eigenvalue weighted by Gasteiger charge is -2.25. The minimum atomic E-state index is -4.86. The van der Waals surface area contributed by atoms with Crippen molar-refractivity contribution in [2.75, 3.05) is 17.3 Å². The zero-order valence-corrected chi connectivity index (χ0v) is 24.9. The fourth-order valence-electron chi connectivity index (χ4n) is 3.08. The molecule has 232 valence electrons. The molecule has 0 bridgehead atoms. The predicted molar refractivity (Wildman–Crippen MR) is 144 cm³/mol. The summed E-state index contributed by atoms with van der Waals surface area (Å²) in [6, 6.07) is -6.75. The minimum absolute atomic E-state index is 0.375. The highest BCUT2D eigenvalue weighted by molar-refractivity contribution is 7.87. The smallest absolute Gasteiger partial charge is 0.378 e. The number of rotatable bonds is 20. The highest BCUT2D eigenvalue weighted by Gasteiger charge is 2.36. The second-order valence-electron chi connectivity index (χ2n) is 8.56. The van der Waals surface area contributed by atoms with Crippen LogP contribution >= 0.6 is 0 Å². The molecule has 0 spiro atoms. The molecule has 0 rings (SSSR count). The van der Waals surface area contributed by atoms with E-state index in [-0.39, 0.29) is 6.42 Å². The summed E-state index contributed by atoms with van der Waals surface area (Å²) in [6.45, 7) is 2.20. The van der Waals surface area contributed by atoms with Crippen LogP contribution in [0.3, 0.4) is 0 Å². The fraction of sp³-hybridized carbons (Fsp3) is 0.647. The van der Waals surface area contributed by atoms with Gasteiger partial charge in [0.05, 0.1) is 0 Å². The molecule has 0 aromatic carbocycles. The average Bonchev–Trinajstić information content (AvgIpc) is 2.90. The van der Waals surface area contributed by atoms with E-state index >= 15 is 0 Å². The van der Waals surface area contributed by atoms with Crippen LogP contribution in [0.25, 0.3) is 0 Å². The van der Waals surface area contributed by atoms with E-state index in [1.165, 1.54) is 0 Å². The number of ketones is 2. The van der Waals surface area contributed by atoms with Gasteiger partial charge in [-0.2, -0.15) is 0 Å². The Labute approximate surface area is 252 Å². The topological polar surface area (TPSA) is 278 Å². The zero-order valence-electron chi connectivity index (χ0n) is 22.4. The number of amides is 3.